The zero-order valence-corrected chi connectivity index (χ0v) is 10.7. The van der Waals surface area contributed by atoms with Crippen LogP contribution in [0.3, 0.4) is 0 Å². The van der Waals surface area contributed by atoms with Crippen LogP contribution in [-0.2, 0) is 4.79 Å². The summed E-state index contributed by atoms with van der Waals surface area (Å²) in [4.78, 5) is 24.7. The summed E-state index contributed by atoms with van der Waals surface area (Å²) in [6, 6.07) is -0.0386. The highest BCUT2D eigenvalue weighted by atomic mass is 16.4. The van der Waals surface area contributed by atoms with Gasteiger partial charge in [-0.25, -0.2) is 4.79 Å². The van der Waals surface area contributed by atoms with Gasteiger partial charge < -0.3 is 15.3 Å². The largest absolute Gasteiger partial charge is 0.481 e. The molecule has 5 heteroatoms. The van der Waals surface area contributed by atoms with Gasteiger partial charge in [-0.3, -0.25) is 4.79 Å². The van der Waals surface area contributed by atoms with Crippen molar-refractivity contribution in [2.75, 3.05) is 13.1 Å². The van der Waals surface area contributed by atoms with Crippen LogP contribution in [0.1, 0.15) is 32.6 Å². The van der Waals surface area contributed by atoms with E-state index in [9.17, 15) is 9.59 Å². The molecule has 5 nitrogen and oxygen atoms in total. The summed E-state index contributed by atoms with van der Waals surface area (Å²) in [5.74, 6) is -1.04. The average molecular weight is 252 g/mol. The standard InChI is InChI=1S/C13H20N2O3/c1-9-3-2-6-15(8-9)13(18)14-11-5-4-10(7-11)12(16)17/h3,10-11H,2,4-8H2,1H3,(H,14,18)(H,16,17)/t10-,11+/m1/s1. The maximum Gasteiger partial charge on any atom is 0.317 e. The molecule has 0 radical (unpaired) electrons. The molecule has 0 spiro atoms. The molecule has 2 rings (SSSR count). The molecule has 0 aromatic rings. The van der Waals surface area contributed by atoms with E-state index >= 15 is 0 Å². The number of aliphatic carboxylic acids is 1. The normalized spacial score (nSPS) is 27.8. The maximum atomic E-state index is 12.0. The molecule has 1 aliphatic heterocycles. The minimum atomic E-state index is -0.747. The molecule has 0 aromatic carbocycles. The molecule has 100 valence electrons. The quantitative estimate of drug-likeness (QED) is 0.733. The van der Waals surface area contributed by atoms with Crippen molar-refractivity contribution in [3.63, 3.8) is 0 Å². The number of carboxylic acids is 1. The van der Waals surface area contributed by atoms with Crippen LogP contribution in [0.2, 0.25) is 0 Å². The Hall–Kier alpha value is -1.52. The van der Waals surface area contributed by atoms with Gasteiger partial charge in [0.05, 0.1) is 5.92 Å². The van der Waals surface area contributed by atoms with Gasteiger partial charge in [0.2, 0.25) is 0 Å². The number of urea groups is 1. The van der Waals surface area contributed by atoms with Gasteiger partial charge in [0.15, 0.2) is 0 Å². The number of nitrogens with one attached hydrogen (secondary N) is 1. The number of nitrogens with zero attached hydrogens (tertiary/aromatic N) is 1. The van der Waals surface area contributed by atoms with E-state index in [4.69, 9.17) is 5.11 Å². The number of carbonyl (C=O) groups is 2. The van der Waals surface area contributed by atoms with Crippen molar-refractivity contribution in [2.45, 2.75) is 38.6 Å². The van der Waals surface area contributed by atoms with Gasteiger partial charge in [0.25, 0.3) is 0 Å². The van der Waals surface area contributed by atoms with Gasteiger partial charge in [-0.2, -0.15) is 0 Å². The van der Waals surface area contributed by atoms with E-state index in [0.717, 1.165) is 19.4 Å². The van der Waals surface area contributed by atoms with E-state index in [-0.39, 0.29) is 18.0 Å². The van der Waals surface area contributed by atoms with Crippen molar-refractivity contribution in [3.05, 3.63) is 11.6 Å². The van der Waals surface area contributed by atoms with Crippen LogP contribution in [0.4, 0.5) is 4.79 Å². The second kappa shape index (κ2) is 5.42. The third-order valence-corrected chi connectivity index (χ3v) is 3.73. The number of hydrogen-bond donors (Lipinski definition) is 2. The fourth-order valence-electron chi connectivity index (χ4n) is 2.69. The van der Waals surface area contributed by atoms with E-state index in [1.165, 1.54) is 5.57 Å². The summed E-state index contributed by atoms with van der Waals surface area (Å²) in [5.41, 5.74) is 1.21. The highest BCUT2D eigenvalue weighted by molar-refractivity contribution is 5.75. The van der Waals surface area contributed by atoms with Crippen molar-refractivity contribution in [3.8, 4) is 0 Å². The Bertz CT molecular complexity index is 378. The van der Waals surface area contributed by atoms with E-state index < -0.39 is 5.97 Å². The van der Waals surface area contributed by atoms with Gasteiger partial charge in [-0.15, -0.1) is 0 Å². The molecule has 0 bridgehead atoms. The molecular formula is C13H20N2O3. The summed E-state index contributed by atoms with van der Waals surface area (Å²) in [6.45, 7) is 3.45. The van der Waals surface area contributed by atoms with Gasteiger partial charge in [-0.05, 0) is 32.6 Å². The Morgan fingerprint density at radius 1 is 1.44 bits per heavy atom. The molecule has 1 fully saturated rings. The Labute approximate surface area is 107 Å². The van der Waals surface area contributed by atoms with Gasteiger partial charge in [0, 0.05) is 19.1 Å². The smallest absolute Gasteiger partial charge is 0.317 e. The minimum absolute atomic E-state index is 0.0183. The summed E-state index contributed by atoms with van der Waals surface area (Å²) in [7, 11) is 0. The van der Waals surface area contributed by atoms with Crippen molar-refractivity contribution >= 4 is 12.0 Å². The molecule has 0 aromatic heterocycles. The molecule has 1 aliphatic carbocycles. The predicted octanol–water partition coefficient (Wildman–Crippen LogP) is 1.60. The molecule has 2 N–H and O–H groups in total. The average Bonchev–Trinajstić information content (AvgIpc) is 2.77. The molecule has 2 atom stereocenters. The van der Waals surface area contributed by atoms with Crippen molar-refractivity contribution in [1.29, 1.82) is 0 Å². The van der Waals surface area contributed by atoms with Gasteiger partial charge in [-0.1, -0.05) is 11.6 Å². The fraction of sp³-hybridized carbons (Fsp3) is 0.692. The monoisotopic (exact) mass is 252 g/mol. The summed E-state index contributed by atoms with van der Waals surface area (Å²) in [5, 5.41) is 11.9. The first-order valence-corrected chi connectivity index (χ1v) is 6.50. The third-order valence-electron chi connectivity index (χ3n) is 3.73. The van der Waals surface area contributed by atoms with Crippen LogP contribution in [0.15, 0.2) is 11.6 Å². The number of amides is 2. The van der Waals surface area contributed by atoms with Crippen LogP contribution < -0.4 is 5.32 Å². The topological polar surface area (TPSA) is 69.6 Å². The summed E-state index contributed by atoms with van der Waals surface area (Å²) < 4.78 is 0. The van der Waals surface area contributed by atoms with Crippen LogP contribution in [0.5, 0.6) is 0 Å². The minimum Gasteiger partial charge on any atom is -0.481 e. The first kappa shape index (κ1) is 12.9. The number of carboxylic acid groups (broad SMARTS) is 1. The van der Waals surface area contributed by atoms with Crippen LogP contribution in [-0.4, -0.2) is 41.1 Å². The van der Waals surface area contributed by atoms with Gasteiger partial charge in [0.1, 0.15) is 0 Å². The number of hydrogen-bond acceptors (Lipinski definition) is 2. The first-order chi connectivity index (χ1) is 8.56. The lowest BCUT2D eigenvalue weighted by Gasteiger charge is -2.28. The molecule has 0 saturated heterocycles. The zero-order valence-electron chi connectivity index (χ0n) is 10.7. The second-order valence-corrected chi connectivity index (χ2v) is 5.26. The first-order valence-electron chi connectivity index (χ1n) is 6.50. The lowest BCUT2D eigenvalue weighted by Crippen LogP contribution is -2.46. The Morgan fingerprint density at radius 3 is 2.83 bits per heavy atom. The Balaban J connectivity index is 1.82. The molecule has 0 unspecified atom stereocenters. The third kappa shape index (κ3) is 3.03. The second-order valence-electron chi connectivity index (χ2n) is 5.26. The van der Waals surface area contributed by atoms with Gasteiger partial charge >= 0.3 is 12.0 Å². The van der Waals surface area contributed by atoms with E-state index in [2.05, 4.69) is 11.4 Å². The lowest BCUT2D eigenvalue weighted by molar-refractivity contribution is -0.141. The SMILES string of the molecule is CC1=CCCN(C(=O)N[C@H]2CC[C@@H](C(=O)O)C2)C1. The van der Waals surface area contributed by atoms with E-state index in [1.807, 2.05) is 6.92 Å². The van der Waals surface area contributed by atoms with E-state index in [1.54, 1.807) is 4.90 Å². The summed E-state index contributed by atoms with van der Waals surface area (Å²) >= 11 is 0. The van der Waals surface area contributed by atoms with Crippen molar-refractivity contribution in [1.82, 2.24) is 10.2 Å². The molecule has 2 aliphatic rings. The van der Waals surface area contributed by atoms with E-state index in [0.29, 0.717) is 19.4 Å². The zero-order chi connectivity index (χ0) is 13.1. The predicted molar refractivity (Wildman–Crippen MR) is 67.2 cm³/mol. The highest BCUT2D eigenvalue weighted by Gasteiger charge is 2.31. The fourth-order valence-corrected chi connectivity index (χ4v) is 2.69. The number of carbonyl (C=O) groups excluding carboxylic acids is 1. The van der Waals surface area contributed by atoms with Crippen LogP contribution in [0.25, 0.3) is 0 Å². The molecule has 1 saturated carbocycles. The van der Waals surface area contributed by atoms with Crippen LogP contribution in [0, 0.1) is 5.92 Å². The Morgan fingerprint density at radius 2 is 2.22 bits per heavy atom. The highest BCUT2D eigenvalue weighted by Crippen LogP contribution is 2.25. The molecule has 18 heavy (non-hydrogen) atoms. The molecular weight excluding hydrogens is 232 g/mol. The molecule has 1 heterocycles. The maximum absolute atomic E-state index is 12.0. The molecule has 2 amide bonds. The van der Waals surface area contributed by atoms with Crippen molar-refractivity contribution in [2.24, 2.45) is 5.92 Å². The number of rotatable bonds is 2. The lowest BCUT2D eigenvalue weighted by atomic mass is 10.1. The van der Waals surface area contributed by atoms with Crippen molar-refractivity contribution < 1.29 is 14.7 Å². The summed E-state index contributed by atoms with van der Waals surface area (Å²) in [6.07, 6.45) is 5.05. The Kier molecular flexibility index (Phi) is 3.89. The van der Waals surface area contributed by atoms with Crippen LogP contribution >= 0.6 is 0 Å².